The molecule has 30 heteroatoms. The Hall–Kier alpha value is -9.39. The van der Waals surface area contributed by atoms with Crippen LogP contribution >= 0.6 is 0 Å². The van der Waals surface area contributed by atoms with Crippen LogP contribution in [0, 0.1) is 11.8 Å². The fourth-order valence-electron chi connectivity index (χ4n) is 9.47. The molecule has 0 radical (unpaired) electrons. The van der Waals surface area contributed by atoms with Crippen molar-refractivity contribution >= 4 is 100 Å². The SMILES string of the molecule is CC(C)[C@H](NC(=O)[C@H](Cc1ccccc1)NS(=O)(=O)c1cccc2c(N(C)C)cccc12)C(=O)NCC(=O)NCCNC(N)=[NH+]CCNC(=O)CNC(=O)[C@@H](NC(=O)[C@H](Cc1ccccc1)NS(=O)(=O)c1cccc2c(N(C)C)cccc12)C(C)C.O=C([O-])C(F)(F)F. The molecule has 6 aromatic carbocycles. The summed E-state index contributed by atoms with van der Waals surface area (Å²) in [6, 6.07) is 33.4. The zero-order valence-electron chi connectivity index (χ0n) is 52.6. The summed E-state index contributed by atoms with van der Waals surface area (Å²) < 4.78 is 93.2. The zero-order valence-corrected chi connectivity index (χ0v) is 54.3. The molecule has 0 aromatic heterocycles. The van der Waals surface area contributed by atoms with Gasteiger partial charge in [-0.1, -0.05) is 137 Å². The molecular formula is C63H80F3N13O12S2. The Balaban J connectivity index is 0.00000211. The van der Waals surface area contributed by atoms with Crippen LogP contribution in [0.5, 0.6) is 0 Å². The maximum absolute atomic E-state index is 14.1. The lowest BCUT2D eigenvalue weighted by molar-refractivity contribution is -0.458. The summed E-state index contributed by atoms with van der Waals surface area (Å²) in [6.07, 6.45) is -5.24. The molecule has 0 aliphatic rings. The van der Waals surface area contributed by atoms with Crippen LogP contribution in [0.2, 0.25) is 0 Å². The van der Waals surface area contributed by atoms with E-state index >= 15 is 0 Å². The molecule has 93 heavy (non-hydrogen) atoms. The van der Waals surface area contributed by atoms with Crippen molar-refractivity contribution in [1.82, 2.24) is 46.7 Å². The van der Waals surface area contributed by atoms with Crippen LogP contribution < -0.4 is 72.3 Å². The molecule has 6 amide bonds. The molecule has 25 nitrogen and oxygen atoms in total. The Bertz CT molecular complexity index is 3840. The second-order valence-corrected chi connectivity index (χ2v) is 25.8. The van der Waals surface area contributed by atoms with Gasteiger partial charge >= 0.3 is 12.1 Å². The van der Waals surface area contributed by atoms with Gasteiger partial charge < -0.3 is 51.6 Å². The average molecular weight is 1330 g/mol. The van der Waals surface area contributed by atoms with Gasteiger partial charge in [0.05, 0.1) is 36.0 Å². The number of fused-ring (bicyclic) bond motifs is 2. The number of halogens is 3. The minimum Gasteiger partial charge on any atom is -0.542 e. The summed E-state index contributed by atoms with van der Waals surface area (Å²) in [4.78, 5) is 96.1. The first-order chi connectivity index (χ1) is 43.8. The van der Waals surface area contributed by atoms with E-state index in [1.807, 2.05) is 62.3 Å². The van der Waals surface area contributed by atoms with E-state index in [9.17, 15) is 58.8 Å². The third kappa shape index (κ3) is 22.5. The number of carboxylic acid groups (broad SMARTS) is 1. The molecule has 0 aliphatic heterocycles. The lowest BCUT2D eigenvalue weighted by atomic mass is 10.0. The van der Waals surface area contributed by atoms with Crippen molar-refractivity contribution in [2.75, 3.05) is 77.3 Å². The average Bonchev–Trinajstić information content (AvgIpc) is 0.790. The topological polar surface area (TPSA) is 366 Å². The zero-order chi connectivity index (χ0) is 68.8. The highest BCUT2D eigenvalue weighted by atomic mass is 32.2. The van der Waals surface area contributed by atoms with Crippen LogP contribution in [0.3, 0.4) is 0 Å². The molecule has 0 bridgehead atoms. The normalized spacial score (nSPS) is 13.1. The summed E-state index contributed by atoms with van der Waals surface area (Å²) in [6.45, 7) is 6.50. The van der Waals surface area contributed by atoms with E-state index in [4.69, 9.17) is 15.6 Å². The number of hydrogen-bond donors (Lipinski definition) is 11. The number of carbonyl (C=O) groups excluding carboxylic acids is 7. The number of benzene rings is 6. The van der Waals surface area contributed by atoms with Gasteiger partial charge in [0, 0.05) is 74.2 Å². The van der Waals surface area contributed by atoms with Crippen molar-refractivity contribution in [1.29, 1.82) is 0 Å². The van der Waals surface area contributed by atoms with E-state index in [0.717, 1.165) is 11.4 Å². The summed E-state index contributed by atoms with van der Waals surface area (Å²) in [5.41, 5.74) is 9.03. The minimum atomic E-state index is -5.19. The highest BCUT2D eigenvalue weighted by molar-refractivity contribution is 7.90. The van der Waals surface area contributed by atoms with E-state index < -0.39 is 117 Å². The first-order valence-electron chi connectivity index (χ1n) is 29.4. The van der Waals surface area contributed by atoms with Gasteiger partial charge in [0.25, 0.3) is 0 Å². The third-order valence-electron chi connectivity index (χ3n) is 14.2. The van der Waals surface area contributed by atoms with Crippen molar-refractivity contribution in [3.8, 4) is 0 Å². The first-order valence-corrected chi connectivity index (χ1v) is 32.4. The van der Waals surface area contributed by atoms with Gasteiger partial charge in [-0.05, 0) is 60.1 Å². The highest BCUT2D eigenvalue weighted by Crippen LogP contribution is 2.32. The van der Waals surface area contributed by atoms with E-state index in [0.29, 0.717) is 32.7 Å². The van der Waals surface area contributed by atoms with Crippen LogP contribution in [-0.4, -0.2) is 162 Å². The Morgan fingerprint density at radius 3 is 1.22 bits per heavy atom. The highest BCUT2D eigenvalue weighted by Gasteiger charge is 2.34. The fourth-order valence-corrected chi connectivity index (χ4v) is 12.3. The molecule has 0 saturated heterocycles. The van der Waals surface area contributed by atoms with Gasteiger partial charge in [0.1, 0.15) is 30.1 Å². The molecule has 0 aliphatic carbocycles. The minimum absolute atomic E-state index is 0.0108. The molecule has 0 heterocycles. The number of nitrogens with two attached hydrogens (primary N) is 1. The third-order valence-corrected chi connectivity index (χ3v) is 17.2. The monoisotopic (exact) mass is 1330 g/mol. The van der Waals surface area contributed by atoms with Gasteiger partial charge in [0.15, 0.2) is 0 Å². The van der Waals surface area contributed by atoms with Crippen molar-refractivity contribution in [2.45, 2.75) is 80.7 Å². The van der Waals surface area contributed by atoms with Crippen LogP contribution in [0.4, 0.5) is 24.5 Å². The molecule has 4 atom stereocenters. The van der Waals surface area contributed by atoms with Crippen LogP contribution in [0.15, 0.2) is 143 Å². The second kappa shape index (κ2) is 34.3. The second-order valence-electron chi connectivity index (χ2n) is 22.4. The van der Waals surface area contributed by atoms with E-state index in [1.165, 1.54) is 12.1 Å². The number of alkyl halides is 3. The van der Waals surface area contributed by atoms with E-state index in [2.05, 4.69) is 51.7 Å². The summed E-state index contributed by atoms with van der Waals surface area (Å²) in [5, 5.41) is 29.9. The quantitative estimate of drug-likeness (QED) is 0.0156. The van der Waals surface area contributed by atoms with Crippen molar-refractivity contribution in [3.63, 3.8) is 0 Å². The van der Waals surface area contributed by atoms with Gasteiger partial charge in [-0.25, -0.2) is 16.8 Å². The maximum atomic E-state index is 14.1. The standard InChI is InChI=1S/C61H79N13O10S2.C2HF3O2/c1-39(2)55(69-57(77)47(35-41-19-11-9-12-20-41)71-85(81,82)51-29-17-23-43-45(51)25-15-27-49(43)73(5)6)59(79)67-37-53(75)63-31-33-65-61(62)66-34-32-64-54(76)38-68-60(80)56(40(3)4)70-58(78)48(36-42-21-13-10-14-22-42)72-86(83,84)52-30-18-24-44-46(52)26-16-28-50(44)74(7)8;3-2(4,5)1(6)7/h9-30,39-40,47-48,55-56,71-72H,31-38H2,1-8H3,(H,63,75)(H,64,76)(H,67,79)(H,68,80)(H,69,77)(H,70,78)(H3,62,65,66);(H,6,7)/t47-,48-,55-,56-;/m0./s1. The number of nitrogens with one attached hydrogen (secondary N) is 10. The van der Waals surface area contributed by atoms with Crippen LogP contribution in [-0.2, 0) is 66.4 Å². The lowest BCUT2D eigenvalue weighted by Crippen LogP contribution is -2.80. The number of rotatable bonds is 30. The number of guanidine groups is 1. The van der Waals surface area contributed by atoms with Crippen LogP contribution in [0.25, 0.3) is 21.5 Å². The number of amides is 6. The summed E-state index contributed by atoms with van der Waals surface area (Å²) in [5.74, 6) is -7.65. The predicted octanol–water partition coefficient (Wildman–Crippen LogP) is -0.366. The number of carbonyl (C=O) groups is 7. The molecular weight excluding hydrogens is 1250 g/mol. The number of sulfonamides is 2. The van der Waals surface area contributed by atoms with Crippen molar-refractivity contribution < 1.29 is 73.7 Å². The first kappa shape index (κ1) is 74.3. The number of carboxylic acids is 1. The van der Waals surface area contributed by atoms with Gasteiger partial charge in [-0.3, -0.25) is 44.8 Å². The number of anilines is 2. The number of hydrogen-bond acceptors (Lipinski definition) is 14. The molecule has 502 valence electrons. The Kier molecular flexibility index (Phi) is 27.4. The lowest BCUT2D eigenvalue weighted by Gasteiger charge is -2.25. The largest absolute Gasteiger partial charge is 0.542 e. The fraction of sp³-hybridized carbons (Fsp3) is 0.365. The molecule has 6 rings (SSSR count). The Morgan fingerprint density at radius 1 is 0.495 bits per heavy atom. The molecule has 12 N–H and O–H groups in total. The number of aliphatic carboxylic acids is 1. The van der Waals surface area contributed by atoms with E-state index in [-0.39, 0.29) is 54.8 Å². The van der Waals surface area contributed by atoms with E-state index in [1.54, 1.807) is 125 Å². The molecule has 0 spiro atoms. The van der Waals surface area contributed by atoms with Gasteiger partial charge in [-0.2, -0.15) is 22.6 Å². The number of nitrogens with zero attached hydrogens (tertiary/aromatic N) is 2. The smallest absolute Gasteiger partial charge is 0.430 e. The van der Waals surface area contributed by atoms with Crippen molar-refractivity contribution in [2.24, 2.45) is 17.6 Å². The van der Waals surface area contributed by atoms with Crippen molar-refractivity contribution in [3.05, 3.63) is 145 Å². The Morgan fingerprint density at radius 2 is 0.849 bits per heavy atom. The molecule has 6 aromatic rings. The van der Waals surface area contributed by atoms with Crippen LogP contribution in [0.1, 0.15) is 38.8 Å². The summed E-state index contributed by atoms with van der Waals surface area (Å²) >= 11 is 0. The van der Waals surface area contributed by atoms with Gasteiger partial charge in [-0.15, -0.1) is 0 Å². The Labute approximate surface area is 538 Å². The predicted molar refractivity (Wildman–Crippen MR) is 345 cm³/mol. The summed E-state index contributed by atoms with van der Waals surface area (Å²) in [7, 11) is -1.17. The molecule has 0 saturated carbocycles. The maximum Gasteiger partial charge on any atom is 0.430 e. The molecule has 0 fully saturated rings. The van der Waals surface area contributed by atoms with Gasteiger partial charge in [0.2, 0.25) is 55.5 Å². The molecule has 0 unspecified atom stereocenters.